The van der Waals surface area contributed by atoms with Gasteiger partial charge >= 0.3 is 0 Å². The molecule has 0 saturated heterocycles. The molecule has 0 aliphatic rings. The van der Waals surface area contributed by atoms with Crippen LogP contribution in [0.15, 0.2) is 42.9 Å². The van der Waals surface area contributed by atoms with Crippen LogP contribution in [0.4, 0.5) is 0 Å². The lowest BCUT2D eigenvalue weighted by Gasteiger charge is -2.08. The molecule has 0 N–H and O–H groups in total. The van der Waals surface area contributed by atoms with Crippen LogP contribution in [0.25, 0.3) is 17.0 Å². The molecule has 0 radical (unpaired) electrons. The van der Waals surface area contributed by atoms with Crippen LogP contribution in [-0.4, -0.2) is 28.6 Å². The number of benzene rings is 1. The summed E-state index contributed by atoms with van der Waals surface area (Å²) >= 11 is 0. The molecule has 0 fully saturated rings. The summed E-state index contributed by atoms with van der Waals surface area (Å²) in [6.45, 7) is 0. The van der Waals surface area contributed by atoms with Crippen molar-refractivity contribution in [3.63, 3.8) is 0 Å². The number of methoxy groups -OCH3 is 2. The Balaban J connectivity index is 0.00000147. The van der Waals surface area contributed by atoms with E-state index in [1.54, 1.807) is 20.4 Å². The van der Waals surface area contributed by atoms with Crippen LogP contribution in [0, 0.1) is 0 Å². The Bertz CT molecular complexity index is 694. The van der Waals surface area contributed by atoms with Crippen LogP contribution in [0.1, 0.15) is 0 Å². The average Bonchev–Trinajstić information content (AvgIpc) is 2.90. The van der Waals surface area contributed by atoms with Gasteiger partial charge in [-0.25, -0.2) is 9.97 Å². The quantitative estimate of drug-likeness (QED) is 0.738. The van der Waals surface area contributed by atoms with Gasteiger partial charge < -0.3 is 9.47 Å². The highest BCUT2D eigenvalue weighted by Gasteiger charge is 2.11. The van der Waals surface area contributed by atoms with E-state index in [9.17, 15) is 0 Å². The monoisotopic (exact) mass is 335 g/mol. The van der Waals surface area contributed by atoms with Crippen molar-refractivity contribution in [2.75, 3.05) is 14.2 Å². The van der Waals surface area contributed by atoms with Gasteiger partial charge in [-0.05, 0) is 18.2 Å². The van der Waals surface area contributed by atoms with Gasteiger partial charge in [0.25, 0.3) is 0 Å². The molecule has 0 bridgehead atoms. The Morgan fingerprint density at radius 3 is 2.70 bits per heavy atom. The van der Waals surface area contributed by atoms with Gasteiger partial charge in [-0.2, -0.15) is 0 Å². The Kier molecular flexibility index (Phi) is 4.24. The molecular weight excluding hydrogens is 322 g/mol. The van der Waals surface area contributed by atoms with Crippen molar-refractivity contribution < 1.29 is 9.47 Å². The number of hydrogen-bond donors (Lipinski definition) is 0. The zero-order valence-corrected chi connectivity index (χ0v) is 12.8. The largest absolute Gasteiger partial charge is 0.497 e. The fourth-order valence-corrected chi connectivity index (χ4v) is 1.97. The predicted octanol–water partition coefficient (Wildman–Crippen LogP) is 2.99. The molecule has 2 aromatic heterocycles. The number of nitrogens with zero attached hydrogens (tertiary/aromatic N) is 3. The first-order valence-corrected chi connectivity index (χ1v) is 5.84. The number of rotatable bonds is 3. The van der Waals surface area contributed by atoms with Crippen molar-refractivity contribution in [2.24, 2.45) is 0 Å². The van der Waals surface area contributed by atoms with E-state index in [1.165, 1.54) is 0 Å². The second-order valence-corrected chi connectivity index (χ2v) is 4.02. The van der Waals surface area contributed by atoms with Crippen LogP contribution < -0.4 is 9.47 Å². The number of halogens is 1. The summed E-state index contributed by atoms with van der Waals surface area (Å²) < 4.78 is 12.5. The van der Waals surface area contributed by atoms with Gasteiger partial charge in [0, 0.05) is 30.2 Å². The molecule has 104 valence electrons. The third-order valence-corrected chi connectivity index (χ3v) is 2.92. The average molecular weight is 336 g/mol. The van der Waals surface area contributed by atoms with E-state index < -0.39 is 0 Å². The standard InChI is InChI=1S/C14H13N3O2.BrH/c1-18-10-4-5-11(13(8-10)19-2)12-9-17-7-3-6-15-14(17)16-12;/h3-9H,1-2H3;1H. The predicted molar refractivity (Wildman–Crippen MR) is 81.8 cm³/mol. The van der Waals surface area contributed by atoms with Gasteiger partial charge in [0.15, 0.2) is 0 Å². The lowest BCUT2D eigenvalue weighted by Crippen LogP contribution is -1.90. The topological polar surface area (TPSA) is 48.7 Å². The van der Waals surface area contributed by atoms with Gasteiger partial charge in [-0.1, -0.05) is 0 Å². The fraction of sp³-hybridized carbons (Fsp3) is 0.143. The van der Waals surface area contributed by atoms with Gasteiger partial charge in [-0.3, -0.25) is 4.40 Å². The van der Waals surface area contributed by atoms with E-state index >= 15 is 0 Å². The zero-order chi connectivity index (χ0) is 13.2. The maximum Gasteiger partial charge on any atom is 0.234 e. The van der Waals surface area contributed by atoms with Crippen molar-refractivity contribution >= 4 is 22.8 Å². The minimum Gasteiger partial charge on any atom is -0.497 e. The molecule has 0 unspecified atom stereocenters. The third-order valence-electron chi connectivity index (χ3n) is 2.92. The van der Waals surface area contributed by atoms with Crippen molar-refractivity contribution in [1.29, 1.82) is 0 Å². The lowest BCUT2D eigenvalue weighted by molar-refractivity contribution is 0.395. The Morgan fingerprint density at radius 1 is 1.15 bits per heavy atom. The lowest BCUT2D eigenvalue weighted by atomic mass is 10.1. The van der Waals surface area contributed by atoms with Crippen LogP contribution >= 0.6 is 17.0 Å². The summed E-state index contributed by atoms with van der Waals surface area (Å²) in [7, 11) is 3.26. The molecule has 0 spiro atoms. The van der Waals surface area contributed by atoms with Crippen molar-refractivity contribution in [3.05, 3.63) is 42.9 Å². The Labute approximate surface area is 127 Å². The van der Waals surface area contributed by atoms with Gasteiger partial charge in [0.05, 0.1) is 19.9 Å². The fourth-order valence-electron chi connectivity index (χ4n) is 1.97. The van der Waals surface area contributed by atoms with Crippen molar-refractivity contribution in [1.82, 2.24) is 14.4 Å². The Morgan fingerprint density at radius 2 is 2.00 bits per heavy atom. The summed E-state index contributed by atoms with van der Waals surface area (Å²) in [4.78, 5) is 8.68. The number of fused-ring (bicyclic) bond motifs is 1. The van der Waals surface area contributed by atoms with Crippen LogP contribution in [0.3, 0.4) is 0 Å². The summed E-state index contributed by atoms with van der Waals surface area (Å²) in [5.41, 5.74) is 1.73. The minimum absolute atomic E-state index is 0. The van der Waals surface area contributed by atoms with Gasteiger partial charge in [0.2, 0.25) is 5.78 Å². The smallest absolute Gasteiger partial charge is 0.234 e. The van der Waals surface area contributed by atoms with E-state index in [-0.39, 0.29) is 17.0 Å². The summed E-state index contributed by atoms with van der Waals surface area (Å²) in [5.74, 6) is 2.14. The second kappa shape index (κ2) is 5.92. The van der Waals surface area contributed by atoms with Gasteiger partial charge in [0.1, 0.15) is 11.5 Å². The second-order valence-electron chi connectivity index (χ2n) is 4.02. The number of ether oxygens (including phenoxy) is 2. The number of aromatic nitrogens is 3. The number of hydrogen-bond acceptors (Lipinski definition) is 4. The maximum absolute atomic E-state index is 5.39. The van der Waals surface area contributed by atoms with Crippen molar-refractivity contribution in [3.8, 4) is 22.8 Å². The summed E-state index contributed by atoms with van der Waals surface area (Å²) in [5, 5.41) is 0. The number of imidazole rings is 1. The highest BCUT2D eigenvalue weighted by atomic mass is 79.9. The molecule has 0 atom stereocenters. The van der Waals surface area contributed by atoms with Crippen molar-refractivity contribution in [2.45, 2.75) is 0 Å². The maximum atomic E-state index is 5.39. The molecule has 3 aromatic rings. The van der Waals surface area contributed by atoms with Crippen LogP contribution in [-0.2, 0) is 0 Å². The molecule has 0 saturated carbocycles. The summed E-state index contributed by atoms with van der Waals surface area (Å²) in [6, 6.07) is 7.52. The van der Waals surface area contributed by atoms with E-state index in [1.807, 2.05) is 41.1 Å². The molecule has 0 aliphatic heterocycles. The molecule has 5 nitrogen and oxygen atoms in total. The molecule has 1 aromatic carbocycles. The molecular formula is C14H14BrN3O2. The highest BCUT2D eigenvalue weighted by Crippen LogP contribution is 2.32. The first kappa shape index (κ1) is 14.3. The summed E-state index contributed by atoms with van der Waals surface area (Å²) in [6.07, 6.45) is 5.55. The van der Waals surface area contributed by atoms with E-state index in [2.05, 4.69) is 9.97 Å². The zero-order valence-electron chi connectivity index (χ0n) is 11.1. The molecule has 0 amide bonds. The van der Waals surface area contributed by atoms with Crippen LogP contribution in [0.5, 0.6) is 11.5 Å². The molecule has 2 heterocycles. The molecule has 6 heteroatoms. The normalized spacial score (nSPS) is 10.1. The highest BCUT2D eigenvalue weighted by molar-refractivity contribution is 8.93. The first-order valence-electron chi connectivity index (χ1n) is 5.84. The van der Waals surface area contributed by atoms with E-state index in [0.717, 1.165) is 22.8 Å². The molecule has 3 rings (SSSR count). The Hall–Kier alpha value is -2.08. The molecule has 0 aliphatic carbocycles. The first-order chi connectivity index (χ1) is 9.31. The van der Waals surface area contributed by atoms with Gasteiger partial charge in [-0.15, -0.1) is 17.0 Å². The van der Waals surface area contributed by atoms with E-state index in [4.69, 9.17) is 9.47 Å². The third kappa shape index (κ3) is 2.46. The molecule has 20 heavy (non-hydrogen) atoms. The minimum atomic E-state index is 0. The van der Waals surface area contributed by atoms with E-state index in [0.29, 0.717) is 5.78 Å². The van der Waals surface area contributed by atoms with Crippen LogP contribution in [0.2, 0.25) is 0 Å². The SMILES string of the molecule is Br.COc1ccc(-c2cn3cccnc3n2)c(OC)c1.